The van der Waals surface area contributed by atoms with Gasteiger partial charge in [-0.1, -0.05) is 0 Å². The van der Waals surface area contributed by atoms with Crippen molar-refractivity contribution in [1.29, 1.82) is 0 Å². The normalized spacial score (nSPS) is 23.9. The van der Waals surface area contributed by atoms with E-state index in [2.05, 4.69) is 5.32 Å². The second kappa shape index (κ2) is 4.07. The molecule has 1 fully saturated rings. The van der Waals surface area contributed by atoms with Crippen LogP contribution in [0.2, 0.25) is 0 Å². The van der Waals surface area contributed by atoms with Crippen LogP contribution in [0.3, 0.4) is 0 Å². The molecule has 1 aliphatic heterocycles. The lowest BCUT2D eigenvalue weighted by Crippen LogP contribution is -2.33. The molecule has 2 rings (SSSR count). The fourth-order valence-electron chi connectivity index (χ4n) is 2.20. The molecular weight excluding hydrogens is 228 g/mol. The van der Waals surface area contributed by atoms with Crippen molar-refractivity contribution < 1.29 is 18.7 Å². The maximum Gasteiger partial charge on any atom is 0.338 e. The number of halogens is 2. The predicted octanol–water partition coefficient (Wildman–Crippen LogP) is 2.26. The molecule has 0 spiro atoms. The zero-order valence-electron chi connectivity index (χ0n) is 9.39. The van der Waals surface area contributed by atoms with Gasteiger partial charge in [-0.25, -0.2) is 13.6 Å². The van der Waals surface area contributed by atoms with Crippen LogP contribution in [0.5, 0.6) is 0 Å². The van der Waals surface area contributed by atoms with Crippen molar-refractivity contribution in [3.63, 3.8) is 0 Å². The van der Waals surface area contributed by atoms with E-state index in [-0.39, 0.29) is 0 Å². The first-order chi connectivity index (χ1) is 7.94. The van der Waals surface area contributed by atoms with Gasteiger partial charge < -0.3 is 10.4 Å². The molecule has 1 saturated heterocycles. The van der Waals surface area contributed by atoms with Gasteiger partial charge >= 0.3 is 5.97 Å². The highest BCUT2D eigenvalue weighted by atomic mass is 19.2. The summed E-state index contributed by atoms with van der Waals surface area (Å²) >= 11 is 0. The molecule has 17 heavy (non-hydrogen) atoms. The summed E-state index contributed by atoms with van der Waals surface area (Å²) < 4.78 is 26.6. The van der Waals surface area contributed by atoms with Gasteiger partial charge in [-0.15, -0.1) is 0 Å². The van der Waals surface area contributed by atoms with Crippen molar-refractivity contribution >= 4 is 5.97 Å². The Labute approximate surface area is 97.5 Å². The highest BCUT2D eigenvalue weighted by Crippen LogP contribution is 2.32. The minimum atomic E-state index is -1.45. The molecule has 0 bridgehead atoms. The zero-order valence-corrected chi connectivity index (χ0v) is 9.39. The third-order valence-electron chi connectivity index (χ3n) is 3.26. The fourth-order valence-corrected chi connectivity index (χ4v) is 2.20. The number of carboxylic acids is 1. The number of nitrogens with one attached hydrogen (secondary N) is 1. The van der Waals surface area contributed by atoms with Crippen molar-refractivity contribution in [1.82, 2.24) is 5.32 Å². The van der Waals surface area contributed by atoms with E-state index in [0.29, 0.717) is 5.56 Å². The lowest BCUT2D eigenvalue weighted by molar-refractivity contribution is 0.0690. The molecule has 0 radical (unpaired) electrons. The van der Waals surface area contributed by atoms with Gasteiger partial charge in [0.2, 0.25) is 0 Å². The smallest absolute Gasteiger partial charge is 0.338 e. The van der Waals surface area contributed by atoms with E-state index in [1.165, 1.54) is 6.07 Å². The molecule has 1 heterocycles. The Balaban J connectivity index is 2.52. The predicted molar refractivity (Wildman–Crippen MR) is 57.9 cm³/mol. The van der Waals surface area contributed by atoms with Crippen molar-refractivity contribution in [2.45, 2.75) is 25.3 Å². The van der Waals surface area contributed by atoms with Gasteiger partial charge in [-0.3, -0.25) is 0 Å². The van der Waals surface area contributed by atoms with Crippen molar-refractivity contribution in [3.05, 3.63) is 34.9 Å². The average Bonchev–Trinajstić information content (AvgIpc) is 2.69. The topological polar surface area (TPSA) is 49.3 Å². The first-order valence-corrected chi connectivity index (χ1v) is 5.42. The monoisotopic (exact) mass is 241 g/mol. The van der Waals surface area contributed by atoms with E-state index < -0.39 is 28.7 Å². The van der Waals surface area contributed by atoms with E-state index in [4.69, 9.17) is 5.11 Å². The first-order valence-electron chi connectivity index (χ1n) is 5.42. The summed E-state index contributed by atoms with van der Waals surface area (Å²) in [4.78, 5) is 10.8. The summed E-state index contributed by atoms with van der Waals surface area (Å²) in [6, 6.07) is 2.28. The molecule has 2 N–H and O–H groups in total. The third kappa shape index (κ3) is 2.02. The minimum absolute atomic E-state index is 0.473. The lowest BCUT2D eigenvalue weighted by Gasteiger charge is -2.25. The highest BCUT2D eigenvalue weighted by Gasteiger charge is 2.32. The van der Waals surface area contributed by atoms with Crippen LogP contribution < -0.4 is 5.32 Å². The highest BCUT2D eigenvalue weighted by molar-refractivity contribution is 5.88. The Morgan fingerprint density at radius 2 is 2.18 bits per heavy atom. The van der Waals surface area contributed by atoms with Crippen molar-refractivity contribution in [2.75, 3.05) is 6.54 Å². The van der Waals surface area contributed by atoms with Crippen molar-refractivity contribution in [2.24, 2.45) is 0 Å². The quantitative estimate of drug-likeness (QED) is 0.835. The molecule has 1 atom stereocenters. The molecular formula is C12H13F2NO2. The van der Waals surface area contributed by atoms with Crippen LogP contribution >= 0.6 is 0 Å². The van der Waals surface area contributed by atoms with Crippen LogP contribution in [-0.4, -0.2) is 17.6 Å². The molecule has 5 heteroatoms. The Kier molecular flexibility index (Phi) is 2.87. The van der Waals surface area contributed by atoms with Crippen LogP contribution in [0, 0.1) is 11.6 Å². The van der Waals surface area contributed by atoms with Crippen LogP contribution in [0.1, 0.15) is 35.7 Å². The van der Waals surface area contributed by atoms with Crippen LogP contribution in [0.15, 0.2) is 12.1 Å². The molecule has 1 aromatic carbocycles. The summed E-state index contributed by atoms with van der Waals surface area (Å²) in [6.45, 7) is 2.65. The second-order valence-electron chi connectivity index (χ2n) is 4.49. The summed E-state index contributed by atoms with van der Waals surface area (Å²) in [5, 5.41) is 12.0. The maximum atomic E-state index is 13.4. The van der Waals surface area contributed by atoms with Gasteiger partial charge in [-0.05, 0) is 44.0 Å². The molecule has 92 valence electrons. The molecule has 1 aliphatic rings. The van der Waals surface area contributed by atoms with Crippen LogP contribution in [0.4, 0.5) is 8.78 Å². The Hall–Kier alpha value is -1.49. The molecule has 1 aromatic rings. The first kappa shape index (κ1) is 12.0. The summed E-state index contributed by atoms with van der Waals surface area (Å²) in [5.41, 5.74) is -0.611. The Morgan fingerprint density at radius 3 is 2.71 bits per heavy atom. The second-order valence-corrected chi connectivity index (χ2v) is 4.49. The molecule has 0 aliphatic carbocycles. The molecule has 0 saturated carbocycles. The minimum Gasteiger partial charge on any atom is -0.478 e. The van der Waals surface area contributed by atoms with Gasteiger partial charge in [0, 0.05) is 5.54 Å². The molecule has 0 aromatic heterocycles. The van der Waals surface area contributed by atoms with Gasteiger partial charge in [0.05, 0.1) is 5.56 Å². The zero-order chi connectivity index (χ0) is 12.6. The fraction of sp³-hybridized carbons (Fsp3) is 0.417. The van der Waals surface area contributed by atoms with Crippen LogP contribution in [-0.2, 0) is 5.54 Å². The Morgan fingerprint density at radius 1 is 1.47 bits per heavy atom. The summed E-state index contributed by atoms with van der Waals surface area (Å²) in [5.74, 6) is -3.87. The van der Waals surface area contributed by atoms with Gasteiger partial charge in [0.25, 0.3) is 0 Å². The van der Waals surface area contributed by atoms with E-state index >= 15 is 0 Å². The van der Waals surface area contributed by atoms with Crippen LogP contribution in [0.25, 0.3) is 0 Å². The number of hydrogen-bond acceptors (Lipinski definition) is 2. The standard InChI is InChI=1S/C12H13F2NO2/c1-12(3-2-4-15-12)7-5-8(11(16)17)10(14)9(13)6-7/h5-6,15H,2-4H2,1H3,(H,16,17). The van der Waals surface area contributed by atoms with Gasteiger partial charge in [-0.2, -0.15) is 0 Å². The van der Waals surface area contributed by atoms with E-state index in [1.807, 2.05) is 6.92 Å². The molecule has 3 nitrogen and oxygen atoms in total. The summed E-state index contributed by atoms with van der Waals surface area (Å²) in [6.07, 6.45) is 1.70. The molecule has 0 amide bonds. The number of aromatic carboxylic acids is 1. The SMILES string of the molecule is CC1(c2cc(F)c(F)c(C(=O)O)c2)CCCN1. The Bertz CT molecular complexity index is 468. The number of hydrogen-bond donors (Lipinski definition) is 2. The number of carbonyl (C=O) groups is 1. The number of carboxylic acid groups (broad SMARTS) is 1. The number of benzene rings is 1. The van der Waals surface area contributed by atoms with Crippen molar-refractivity contribution in [3.8, 4) is 0 Å². The molecule has 1 unspecified atom stereocenters. The van der Waals surface area contributed by atoms with Gasteiger partial charge in [0.1, 0.15) is 0 Å². The maximum absolute atomic E-state index is 13.4. The third-order valence-corrected chi connectivity index (χ3v) is 3.26. The lowest BCUT2D eigenvalue weighted by atomic mass is 9.89. The largest absolute Gasteiger partial charge is 0.478 e. The van der Waals surface area contributed by atoms with Gasteiger partial charge in [0.15, 0.2) is 11.6 Å². The summed E-state index contributed by atoms with van der Waals surface area (Å²) in [7, 11) is 0. The number of rotatable bonds is 2. The van der Waals surface area contributed by atoms with E-state index in [0.717, 1.165) is 25.5 Å². The van der Waals surface area contributed by atoms with E-state index in [9.17, 15) is 13.6 Å². The van der Waals surface area contributed by atoms with E-state index in [1.54, 1.807) is 0 Å². The average molecular weight is 241 g/mol.